The lowest BCUT2D eigenvalue weighted by atomic mass is 10.1. The highest BCUT2D eigenvalue weighted by Gasteiger charge is 2.23. The molecule has 0 amide bonds. The Hall–Kier alpha value is -2.46. The minimum absolute atomic E-state index is 0.00517. The molecule has 0 radical (unpaired) electrons. The van der Waals surface area contributed by atoms with Crippen molar-refractivity contribution < 1.29 is 22.3 Å². The van der Waals surface area contributed by atoms with Crippen LogP contribution in [0.3, 0.4) is 0 Å². The van der Waals surface area contributed by atoms with Crippen LogP contribution in [0, 0.1) is 5.82 Å². The van der Waals surface area contributed by atoms with E-state index < -0.39 is 51.2 Å². The molecule has 0 N–H and O–H groups in total. The number of esters is 1. The third-order valence-corrected chi connectivity index (χ3v) is 5.41. The SMILES string of the molecule is COC(=O)Cn1cc(-c2cccc(F)c2Cl)c(=O)n([C@H](C)CS(C)(=O)=O)c1=O. The molecule has 0 aliphatic carbocycles. The summed E-state index contributed by atoms with van der Waals surface area (Å²) in [6.07, 6.45) is 2.04. The maximum Gasteiger partial charge on any atom is 0.331 e. The van der Waals surface area contributed by atoms with Crippen LogP contribution in [0.5, 0.6) is 0 Å². The van der Waals surface area contributed by atoms with E-state index in [0.717, 1.165) is 30.2 Å². The predicted octanol–water partition coefficient (Wildman–Crippen LogP) is 1.25. The van der Waals surface area contributed by atoms with E-state index in [9.17, 15) is 27.2 Å². The van der Waals surface area contributed by atoms with Crippen molar-refractivity contribution in [1.82, 2.24) is 9.13 Å². The van der Waals surface area contributed by atoms with E-state index in [-0.39, 0.29) is 16.1 Å². The van der Waals surface area contributed by atoms with Gasteiger partial charge in [0.2, 0.25) is 0 Å². The molecule has 0 unspecified atom stereocenters. The first-order valence-electron chi connectivity index (χ1n) is 8.01. The van der Waals surface area contributed by atoms with E-state index in [1.165, 1.54) is 19.1 Å². The second kappa shape index (κ2) is 8.27. The normalized spacial score (nSPS) is 12.6. The van der Waals surface area contributed by atoms with Gasteiger partial charge in [-0.05, 0) is 13.0 Å². The van der Waals surface area contributed by atoms with Crippen LogP contribution in [0.15, 0.2) is 34.0 Å². The Labute approximate surface area is 165 Å². The first-order chi connectivity index (χ1) is 13.0. The standard InChI is InChI=1S/C17H18ClFN2O6S/c1-10(9-28(3,25)26)21-16(23)12(11-5-4-6-13(19)15(11)18)7-20(17(21)24)8-14(22)27-2/h4-7,10H,8-9H2,1-3H3/t10-/m1/s1. The quantitative estimate of drug-likeness (QED) is 0.636. The van der Waals surface area contributed by atoms with Crippen molar-refractivity contribution in [1.29, 1.82) is 0 Å². The maximum absolute atomic E-state index is 13.9. The van der Waals surface area contributed by atoms with E-state index >= 15 is 0 Å². The number of methoxy groups -OCH3 is 1. The van der Waals surface area contributed by atoms with Crippen LogP contribution in [-0.2, 0) is 25.9 Å². The number of hydrogen-bond donors (Lipinski definition) is 0. The van der Waals surface area contributed by atoms with Gasteiger partial charge in [0.25, 0.3) is 5.56 Å². The number of hydrogen-bond acceptors (Lipinski definition) is 6. The van der Waals surface area contributed by atoms with Gasteiger partial charge < -0.3 is 4.74 Å². The van der Waals surface area contributed by atoms with Gasteiger partial charge in [-0.1, -0.05) is 23.7 Å². The summed E-state index contributed by atoms with van der Waals surface area (Å²) in [7, 11) is -2.40. The van der Waals surface area contributed by atoms with Gasteiger partial charge in [0.15, 0.2) is 0 Å². The topological polar surface area (TPSA) is 104 Å². The Morgan fingerprint density at radius 3 is 2.50 bits per heavy atom. The molecule has 1 aromatic heterocycles. The highest BCUT2D eigenvalue weighted by molar-refractivity contribution is 7.90. The molecule has 2 aromatic rings. The Kier molecular flexibility index (Phi) is 6.45. The second-order valence-electron chi connectivity index (χ2n) is 6.25. The van der Waals surface area contributed by atoms with Crippen molar-refractivity contribution in [3.05, 3.63) is 56.1 Å². The van der Waals surface area contributed by atoms with Gasteiger partial charge in [0, 0.05) is 18.0 Å². The second-order valence-corrected chi connectivity index (χ2v) is 8.81. The third-order valence-electron chi connectivity index (χ3n) is 3.94. The average molecular weight is 433 g/mol. The lowest BCUT2D eigenvalue weighted by Gasteiger charge is -2.18. The molecule has 0 bridgehead atoms. The predicted molar refractivity (Wildman–Crippen MR) is 102 cm³/mol. The Morgan fingerprint density at radius 1 is 1.29 bits per heavy atom. The molecule has 0 fully saturated rings. The van der Waals surface area contributed by atoms with E-state index in [0.29, 0.717) is 4.57 Å². The Morgan fingerprint density at radius 2 is 1.93 bits per heavy atom. The first kappa shape index (κ1) is 21.8. The molecule has 0 aliphatic heterocycles. The highest BCUT2D eigenvalue weighted by Crippen LogP contribution is 2.27. The lowest BCUT2D eigenvalue weighted by molar-refractivity contribution is -0.141. The summed E-state index contributed by atoms with van der Waals surface area (Å²) in [5.74, 6) is -2.03. The van der Waals surface area contributed by atoms with Crippen molar-refractivity contribution in [2.24, 2.45) is 0 Å². The van der Waals surface area contributed by atoms with Crippen LogP contribution >= 0.6 is 11.6 Å². The molecular weight excluding hydrogens is 415 g/mol. The summed E-state index contributed by atoms with van der Waals surface area (Å²) in [5.41, 5.74) is -1.91. The van der Waals surface area contributed by atoms with E-state index in [2.05, 4.69) is 4.74 Å². The number of halogens is 2. The zero-order valence-corrected chi connectivity index (χ0v) is 16.9. The monoisotopic (exact) mass is 432 g/mol. The van der Waals surface area contributed by atoms with Crippen LogP contribution in [0.25, 0.3) is 11.1 Å². The van der Waals surface area contributed by atoms with Crippen LogP contribution < -0.4 is 11.2 Å². The lowest BCUT2D eigenvalue weighted by Crippen LogP contribution is -2.44. The highest BCUT2D eigenvalue weighted by atomic mass is 35.5. The van der Waals surface area contributed by atoms with E-state index in [4.69, 9.17) is 11.6 Å². The fraction of sp³-hybridized carbons (Fsp3) is 0.353. The van der Waals surface area contributed by atoms with Gasteiger partial charge in [-0.15, -0.1) is 0 Å². The zero-order chi connectivity index (χ0) is 21.2. The van der Waals surface area contributed by atoms with Gasteiger partial charge in [0.1, 0.15) is 22.2 Å². The number of nitrogens with zero attached hydrogens (tertiary/aromatic N) is 2. The van der Waals surface area contributed by atoms with Crippen LogP contribution in [0.2, 0.25) is 5.02 Å². The van der Waals surface area contributed by atoms with E-state index in [1.807, 2.05) is 0 Å². The van der Waals surface area contributed by atoms with Gasteiger partial charge in [-0.25, -0.2) is 17.6 Å². The first-order valence-corrected chi connectivity index (χ1v) is 10.4. The molecule has 2 rings (SSSR count). The number of aromatic nitrogens is 2. The largest absolute Gasteiger partial charge is 0.468 e. The third kappa shape index (κ3) is 4.68. The van der Waals surface area contributed by atoms with Crippen LogP contribution in [-0.4, -0.2) is 42.6 Å². The van der Waals surface area contributed by atoms with Gasteiger partial charge >= 0.3 is 11.7 Å². The molecule has 1 atom stereocenters. The summed E-state index contributed by atoms with van der Waals surface area (Å²) in [5, 5.41) is -0.342. The summed E-state index contributed by atoms with van der Waals surface area (Å²) >= 11 is 5.97. The number of carbonyl (C=O) groups excluding carboxylic acids is 1. The maximum atomic E-state index is 13.9. The summed E-state index contributed by atoms with van der Waals surface area (Å²) < 4.78 is 43.3. The smallest absolute Gasteiger partial charge is 0.331 e. The van der Waals surface area contributed by atoms with Gasteiger partial charge in [-0.3, -0.25) is 18.7 Å². The number of ether oxygens (including phenoxy) is 1. The Bertz CT molecular complexity index is 1140. The summed E-state index contributed by atoms with van der Waals surface area (Å²) in [4.78, 5) is 37.3. The average Bonchev–Trinajstić information content (AvgIpc) is 2.58. The fourth-order valence-corrected chi connectivity index (χ4v) is 3.99. The molecule has 11 heteroatoms. The molecule has 0 aliphatic rings. The van der Waals surface area contributed by atoms with Gasteiger partial charge in [-0.2, -0.15) is 0 Å². The van der Waals surface area contributed by atoms with E-state index in [1.54, 1.807) is 0 Å². The molecule has 28 heavy (non-hydrogen) atoms. The van der Waals surface area contributed by atoms with Crippen LogP contribution in [0.4, 0.5) is 4.39 Å². The molecule has 1 aromatic carbocycles. The zero-order valence-electron chi connectivity index (χ0n) is 15.3. The summed E-state index contributed by atoms with van der Waals surface area (Å²) in [6.45, 7) is 0.852. The molecule has 8 nitrogen and oxygen atoms in total. The van der Waals surface area contributed by atoms with Crippen molar-refractivity contribution in [2.75, 3.05) is 19.1 Å². The minimum Gasteiger partial charge on any atom is -0.468 e. The molecule has 152 valence electrons. The number of benzene rings is 1. The molecule has 0 spiro atoms. The van der Waals surface area contributed by atoms with Gasteiger partial charge in [0.05, 0.1) is 29.5 Å². The number of carbonyl (C=O) groups is 1. The Balaban J connectivity index is 2.82. The van der Waals surface area contributed by atoms with Crippen LogP contribution in [0.1, 0.15) is 13.0 Å². The summed E-state index contributed by atoms with van der Waals surface area (Å²) in [6, 6.07) is 2.77. The molecule has 0 saturated carbocycles. The number of sulfone groups is 1. The van der Waals surface area contributed by atoms with Crippen molar-refractivity contribution >= 4 is 27.4 Å². The fourth-order valence-electron chi connectivity index (χ4n) is 2.74. The van der Waals surface area contributed by atoms with Crippen molar-refractivity contribution in [2.45, 2.75) is 19.5 Å². The van der Waals surface area contributed by atoms with Crippen molar-refractivity contribution in [3.63, 3.8) is 0 Å². The van der Waals surface area contributed by atoms with Crippen molar-refractivity contribution in [3.8, 4) is 11.1 Å². The molecule has 1 heterocycles. The number of rotatable bonds is 6. The minimum atomic E-state index is -3.52. The molecule has 0 saturated heterocycles. The molecular formula is C17H18ClFN2O6S.